The van der Waals surface area contributed by atoms with Crippen molar-refractivity contribution < 1.29 is 14.3 Å². The number of ether oxygens (including phenoxy) is 2. The highest BCUT2D eigenvalue weighted by atomic mass is 16.5. The maximum Gasteiger partial charge on any atom is 0.307 e. The molecule has 0 radical (unpaired) electrons. The molecule has 0 fully saturated rings. The lowest BCUT2D eigenvalue weighted by molar-refractivity contribution is -0.143. The van der Waals surface area contributed by atoms with Crippen LogP contribution in [0.3, 0.4) is 0 Å². The minimum atomic E-state index is -0.227. The Hall–Kier alpha value is -2.73. The monoisotopic (exact) mass is 336 g/mol. The molecule has 0 aliphatic rings. The second-order valence-electron chi connectivity index (χ2n) is 5.74. The van der Waals surface area contributed by atoms with Crippen LogP contribution in [-0.4, -0.2) is 12.6 Å². The normalized spacial score (nSPS) is 11.2. The van der Waals surface area contributed by atoms with Crippen molar-refractivity contribution in [3.63, 3.8) is 0 Å². The van der Waals surface area contributed by atoms with E-state index in [4.69, 9.17) is 9.47 Å². The maximum atomic E-state index is 11.7. The molecule has 2 aromatic carbocycles. The van der Waals surface area contributed by atoms with E-state index < -0.39 is 0 Å². The molecular weight excluding hydrogens is 312 g/mol. The van der Waals surface area contributed by atoms with Crippen LogP contribution in [-0.2, 0) is 16.1 Å². The molecule has 130 valence electrons. The van der Waals surface area contributed by atoms with E-state index in [-0.39, 0.29) is 18.3 Å². The van der Waals surface area contributed by atoms with E-state index in [2.05, 4.69) is 30.9 Å². The number of hydrogen-bond acceptors (Lipinski definition) is 3. The molecule has 2 rings (SSSR count). The van der Waals surface area contributed by atoms with Gasteiger partial charge in [-0.25, -0.2) is 0 Å². The number of carbonyl (C=O) groups is 1. The third-order valence-corrected chi connectivity index (χ3v) is 3.93. The predicted molar refractivity (Wildman–Crippen MR) is 99.4 cm³/mol. The molecule has 3 heteroatoms. The first kappa shape index (κ1) is 18.6. The summed E-state index contributed by atoms with van der Waals surface area (Å²) in [6, 6.07) is 15.9. The lowest BCUT2D eigenvalue weighted by Gasteiger charge is -2.12. The zero-order chi connectivity index (χ0) is 18.1. The fourth-order valence-corrected chi connectivity index (χ4v) is 2.54. The Morgan fingerprint density at radius 3 is 2.48 bits per heavy atom. The van der Waals surface area contributed by atoms with Gasteiger partial charge in [-0.2, -0.15) is 0 Å². The predicted octanol–water partition coefficient (Wildman–Crippen LogP) is 4.63. The Balaban J connectivity index is 2.02. The van der Waals surface area contributed by atoms with Gasteiger partial charge in [0.2, 0.25) is 0 Å². The third kappa shape index (κ3) is 5.69. The minimum absolute atomic E-state index is 0.158. The minimum Gasteiger partial charge on any atom is -0.489 e. The first-order chi connectivity index (χ1) is 12.1. The van der Waals surface area contributed by atoms with Gasteiger partial charge < -0.3 is 9.47 Å². The van der Waals surface area contributed by atoms with Gasteiger partial charge >= 0.3 is 5.97 Å². The largest absolute Gasteiger partial charge is 0.489 e. The van der Waals surface area contributed by atoms with E-state index >= 15 is 0 Å². The van der Waals surface area contributed by atoms with Gasteiger partial charge in [0, 0.05) is 0 Å². The number of carbonyl (C=O) groups excluding carboxylic acids is 1. The zero-order valence-corrected chi connectivity index (χ0v) is 15.0. The molecule has 25 heavy (non-hydrogen) atoms. The highest BCUT2D eigenvalue weighted by molar-refractivity contribution is 5.71. The second kappa shape index (κ2) is 9.54. The van der Waals surface area contributed by atoms with Gasteiger partial charge in [0.1, 0.15) is 12.4 Å². The summed E-state index contributed by atoms with van der Waals surface area (Å²) in [7, 11) is 0. The van der Waals surface area contributed by atoms with Crippen molar-refractivity contribution in [1.82, 2.24) is 0 Å². The molecule has 0 saturated heterocycles. The SMILES string of the molecule is CC#CC(CC(=O)OCC)c1ccc(OCc2ccccc2C)cc1. The fourth-order valence-electron chi connectivity index (χ4n) is 2.54. The van der Waals surface area contributed by atoms with Crippen molar-refractivity contribution in [3.8, 4) is 17.6 Å². The molecular formula is C22H24O3. The molecule has 0 bridgehead atoms. The Morgan fingerprint density at radius 1 is 1.12 bits per heavy atom. The van der Waals surface area contributed by atoms with E-state index in [0.717, 1.165) is 11.3 Å². The molecule has 0 aromatic heterocycles. The lowest BCUT2D eigenvalue weighted by atomic mass is 9.96. The molecule has 3 nitrogen and oxygen atoms in total. The van der Waals surface area contributed by atoms with Crippen LogP contribution in [0.5, 0.6) is 5.75 Å². The Morgan fingerprint density at radius 2 is 1.84 bits per heavy atom. The van der Waals surface area contributed by atoms with E-state index in [1.807, 2.05) is 36.4 Å². The van der Waals surface area contributed by atoms with Gasteiger partial charge in [0.15, 0.2) is 0 Å². The van der Waals surface area contributed by atoms with Crippen LogP contribution in [0.1, 0.15) is 42.9 Å². The summed E-state index contributed by atoms with van der Waals surface area (Å²) in [6.45, 7) is 6.58. The van der Waals surface area contributed by atoms with Crippen LogP contribution >= 0.6 is 0 Å². The summed E-state index contributed by atoms with van der Waals surface area (Å²) in [5.41, 5.74) is 3.38. The van der Waals surface area contributed by atoms with Crippen LogP contribution in [0, 0.1) is 18.8 Å². The first-order valence-corrected chi connectivity index (χ1v) is 8.49. The molecule has 2 aromatic rings. The summed E-state index contributed by atoms with van der Waals surface area (Å²) in [6.07, 6.45) is 0.262. The molecule has 0 aliphatic heterocycles. The molecule has 1 unspecified atom stereocenters. The molecule has 0 aliphatic carbocycles. The number of aryl methyl sites for hydroxylation is 1. The summed E-state index contributed by atoms with van der Waals surface area (Å²) in [5.74, 6) is 6.39. The van der Waals surface area contributed by atoms with Gasteiger partial charge in [0.25, 0.3) is 0 Å². The summed E-state index contributed by atoms with van der Waals surface area (Å²) >= 11 is 0. The van der Waals surface area contributed by atoms with Gasteiger partial charge in [0.05, 0.1) is 18.9 Å². The topological polar surface area (TPSA) is 35.5 Å². The van der Waals surface area contributed by atoms with Crippen LogP contribution in [0.15, 0.2) is 48.5 Å². The maximum absolute atomic E-state index is 11.7. The van der Waals surface area contributed by atoms with Crippen LogP contribution < -0.4 is 4.74 Å². The van der Waals surface area contributed by atoms with Crippen molar-refractivity contribution in [2.75, 3.05) is 6.61 Å². The van der Waals surface area contributed by atoms with Crippen molar-refractivity contribution >= 4 is 5.97 Å². The van der Waals surface area contributed by atoms with Gasteiger partial charge in [-0.05, 0) is 49.6 Å². The lowest BCUT2D eigenvalue weighted by Crippen LogP contribution is -2.09. The van der Waals surface area contributed by atoms with Gasteiger partial charge in [-0.15, -0.1) is 5.92 Å². The van der Waals surface area contributed by atoms with Crippen molar-refractivity contribution in [2.24, 2.45) is 0 Å². The molecule has 0 spiro atoms. The Labute approximate surface area is 150 Å². The summed E-state index contributed by atoms with van der Waals surface area (Å²) < 4.78 is 10.9. The first-order valence-electron chi connectivity index (χ1n) is 8.49. The molecule has 0 N–H and O–H groups in total. The zero-order valence-electron chi connectivity index (χ0n) is 15.0. The highest BCUT2D eigenvalue weighted by Gasteiger charge is 2.14. The molecule has 0 heterocycles. The van der Waals surface area contributed by atoms with E-state index in [9.17, 15) is 4.79 Å². The van der Waals surface area contributed by atoms with Crippen LogP contribution in [0.2, 0.25) is 0 Å². The van der Waals surface area contributed by atoms with E-state index in [0.29, 0.717) is 13.2 Å². The number of hydrogen-bond donors (Lipinski definition) is 0. The fraction of sp³-hybridized carbons (Fsp3) is 0.318. The summed E-state index contributed by atoms with van der Waals surface area (Å²) in [5, 5.41) is 0. The summed E-state index contributed by atoms with van der Waals surface area (Å²) in [4.78, 5) is 11.7. The van der Waals surface area contributed by atoms with Crippen molar-refractivity contribution in [2.45, 2.75) is 39.7 Å². The highest BCUT2D eigenvalue weighted by Crippen LogP contribution is 2.23. The number of esters is 1. The van der Waals surface area contributed by atoms with Gasteiger partial charge in [-0.3, -0.25) is 4.79 Å². The van der Waals surface area contributed by atoms with E-state index in [1.165, 1.54) is 11.1 Å². The Kier molecular flexibility index (Phi) is 7.10. The quantitative estimate of drug-likeness (QED) is 0.546. The van der Waals surface area contributed by atoms with Crippen LogP contribution in [0.4, 0.5) is 0 Å². The smallest absolute Gasteiger partial charge is 0.307 e. The number of rotatable bonds is 7. The molecule has 0 saturated carbocycles. The van der Waals surface area contributed by atoms with Gasteiger partial charge in [-0.1, -0.05) is 42.3 Å². The third-order valence-electron chi connectivity index (χ3n) is 3.93. The average molecular weight is 336 g/mol. The van der Waals surface area contributed by atoms with Crippen LogP contribution in [0.25, 0.3) is 0 Å². The molecule has 1 atom stereocenters. The average Bonchev–Trinajstić information content (AvgIpc) is 2.61. The molecule has 0 amide bonds. The standard InChI is InChI=1S/C22H24O3/c1-4-8-19(15-22(23)24-5-2)18-11-13-21(14-12-18)25-16-20-10-7-6-9-17(20)3/h6-7,9-14,19H,5,15-16H2,1-3H3. The van der Waals surface area contributed by atoms with E-state index in [1.54, 1.807) is 13.8 Å². The second-order valence-corrected chi connectivity index (χ2v) is 5.74. The van der Waals surface area contributed by atoms with Crippen molar-refractivity contribution in [3.05, 3.63) is 65.2 Å². The Bertz CT molecular complexity index is 751. The number of benzene rings is 2. The van der Waals surface area contributed by atoms with Crippen molar-refractivity contribution in [1.29, 1.82) is 0 Å².